The highest BCUT2D eigenvalue weighted by atomic mass is 35.5. The van der Waals surface area contributed by atoms with Gasteiger partial charge in [0.05, 0.1) is 0 Å². The van der Waals surface area contributed by atoms with Crippen LogP contribution in [0, 0.1) is 18.6 Å². The minimum absolute atomic E-state index is 0.0754. The van der Waals surface area contributed by atoms with E-state index in [1.807, 2.05) is 0 Å². The van der Waals surface area contributed by atoms with Crippen LogP contribution < -0.4 is 10.6 Å². The molecule has 1 aromatic heterocycles. The lowest BCUT2D eigenvalue weighted by molar-refractivity contribution is 0.102. The van der Waals surface area contributed by atoms with Gasteiger partial charge in [0, 0.05) is 28.7 Å². The summed E-state index contributed by atoms with van der Waals surface area (Å²) in [6.07, 6.45) is 1.38. The molecule has 0 spiro atoms. The second-order valence-corrected chi connectivity index (χ2v) is 5.79. The van der Waals surface area contributed by atoms with E-state index >= 15 is 0 Å². The molecule has 3 aromatic rings. The number of amides is 1. The van der Waals surface area contributed by atoms with Crippen LogP contribution >= 0.6 is 11.6 Å². The number of carbonyl (C=O) groups excluding carboxylic acids is 1. The highest BCUT2D eigenvalue weighted by Gasteiger charge is 2.12. The van der Waals surface area contributed by atoms with E-state index in [-0.39, 0.29) is 17.3 Å². The Hall–Kier alpha value is -3.06. The molecule has 2 N–H and O–H groups in total. The van der Waals surface area contributed by atoms with E-state index in [0.717, 1.165) is 17.7 Å². The average Bonchev–Trinajstić information content (AvgIpc) is 2.62. The number of benzene rings is 2. The van der Waals surface area contributed by atoms with Gasteiger partial charge in [0.1, 0.15) is 5.69 Å². The van der Waals surface area contributed by atoms with Gasteiger partial charge in [0.2, 0.25) is 5.95 Å². The summed E-state index contributed by atoms with van der Waals surface area (Å²) in [5.41, 5.74) is 1.66. The normalized spacial score (nSPS) is 10.5. The van der Waals surface area contributed by atoms with E-state index < -0.39 is 17.5 Å². The smallest absolute Gasteiger partial charge is 0.274 e. The summed E-state index contributed by atoms with van der Waals surface area (Å²) >= 11 is 6.04. The van der Waals surface area contributed by atoms with Crippen LogP contribution in [0.4, 0.5) is 26.1 Å². The molecule has 0 bridgehead atoms. The third-order valence-corrected chi connectivity index (χ3v) is 3.99. The van der Waals surface area contributed by atoms with Crippen molar-refractivity contribution < 1.29 is 13.6 Å². The van der Waals surface area contributed by atoms with Gasteiger partial charge >= 0.3 is 0 Å². The van der Waals surface area contributed by atoms with Crippen molar-refractivity contribution in [3.8, 4) is 0 Å². The van der Waals surface area contributed by atoms with Crippen molar-refractivity contribution in [1.29, 1.82) is 0 Å². The molecule has 0 radical (unpaired) electrons. The Balaban J connectivity index is 1.79. The fourth-order valence-corrected chi connectivity index (χ4v) is 2.35. The van der Waals surface area contributed by atoms with Gasteiger partial charge < -0.3 is 10.6 Å². The molecule has 2 aromatic carbocycles. The minimum atomic E-state index is -1.000. The molecule has 0 aliphatic heterocycles. The van der Waals surface area contributed by atoms with Gasteiger partial charge in [0.25, 0.3) is 5.91 Å². The summed E-state index contributed by atoms with van der Waals surface area (Å²) in [5, 5.41) is 5.98. The second-order valence-electron chi connectivity index (χ2n) is 5.39. The number of aromatic nitrogens is 2. The molecule has 0 atom stereocenters. The van der Waals surface area contributed by atoms with E-state index in [1.54, 1.807) is 25.1 Å². The molecule has 132 valence electrons. The maximum Gasteiger partial charge on any atom is 0.274 e. The summed E-state index contributed by atoms with van der Waals surface area (Å²) in [6.45, 7) is 1.79. The predicted octanol–water partition coefficient (Wildman–Crippen LogP) is 4.71. The number of halogens is 3. The zero-order valence-electron chi connectivity index (χ0n) is 13.6. The molecule has 0 aliphatic carbocycles. The Morgan fingerprint density at radius 3 is 2.69 bits per heavy atom. The number of carbonyl (C=O) groups is 1. The average molecular weight is 375 g/mol. The zero-order valence-corrected chi connectivity index (χ0v) is 14.3. The molecule has 0 saturated heterocycles. The molecule has 3 rings (SSSR count). The van der Waals surface area contributed by atoms with Gasteiger partial charge in [-0.25, -0.2) is 18.7 Å². The standard InChI is InChI=1S/C18H13ClF2N4O/c1-10-12(19)3-2-4-15(10)24-17(26)16-7-8-22-18(25-16)23-11-5-6-13(20)14(21)9-11/h2-9H,1H3,(H,24,26)(H,22,23,25). The summed E-state index contributed by atoms with van der Waals surface area (Å²) in [6, 6.07) is 9.90. The van der Waals surface area contributed by atoms with Crippen LogP contribution in [0.3, 0.4) is 0 Å². The van der Waals surface area contributed by atoms with Gasteiger partial charge in [-0.3, -0.25) is 4.79 Å². The Morgan fingerprint density at radius 1 is 1.12 bits per heavy atom. The third kappa shape index (κ3) is 3.94. The quantitative estimate of drug-likeness (QED) is 0.694. The molecule has 0 unspecified atom stereocenters. The van der Waals surface area contributed by atoms with E-state index in [2.05, 4.69) is 20.6 Å². The van der Waals surface area contributed by atoms with Crippen molar-refractivity contribution in [3.05, 3.63) is 76.6 Å². The molecular weight excluding hydrogens is 362 g/mol. The summed E-state index contributed by atoms with van der Waals surface area (Å²) < 4.78 is 26.3. The molecule has 1 heterocycles. The number of hydrogen-bond acceptors (Lipinski definition) is 4. The number of nitrogens with zero attached hydrogens (tertiary/aromatic N) is 2. The number of anilines is 3. The fourth-order valence-electron chi connectivity index (χ4n) is 2.18. The summed E-state index contributed by atoms with van der Waals surface area (Å²) in [5.74, 6) is -2.33. The lowest BCUT2D eigenvalue weighted by atomic mass is 10.2. The molecule has 1 amide bonds. The molecule has 5 nitrogen and oxygen atoms in total. The van der Waals surface area contributed by atoms with Crippen LogP contribution in [0.2, 0.25) is 5.02 Å². The van der Waals surface area contributed by atoms with Gasteiger partial charge in [-0.05, 0) is 42.8 Å². The maximum atomic E-state index is 13.3. The lowest BCUT2D eigenvalue weighted by Crippen LogP contribution is -2.15. The van der Waals surface area contributed by atoms with E-state index in [9.17, 15) is 13.6 Å². The van der Waals surface area contributed by atoms with Gasteiger partial charge in [-0.2, -0.15) is 0 Å². The Kier molecular flexibility index (Phi) is 5.09. The number of nitrogens with one attached hydrogen (secondary N) is 2. The first-order chi connectivity index (χ1) is 12.4. The van der Waals surface area contributed by atoms with Crippen molar-refractivity contribution in [2.24, 2.45) is 0 Å². The zero-order chi connectivity index (χ0) is 18.7. The van der Waals surface area contributed by atoms with Crippen molar-refractivity contribution in [2.75, 3.05) is 10.6 Å². The van der Waals surface area contributed by atoms with Crippen molar-refractivity contribution in [3.63, 3.8) is 0 Å². The van der Waals surface area contributed by atoms with Crippen molar-refractivity contribution in [2.45, 2.75) is 6.92 Å². The first kappa shape index (κ1) is 17.8. The van der Waals surface area contributed by atoms with Gasteiger partial charge in [-0.1, -0.05) is 17.7 Å². The monoisotopic (exact) mass is 374 g/mol. The minimum Gasteiger partial charge on any atom is -0.324 e. The SMILES string of the molecule is Cc1c(Cl)cccc1NC(=O)c1ccnc(Nc2ccc(F)c(F)c2)n1. The van der Waals surface area contributed by atoms with Crippen LogP contribution in [-0.2, 0) is 0 Å². The molecule has 0 saturated carbocycles. The first-order valence-electron chi connectivity index (χ1n) is 7.55. The first-order valence-corrected chi connectivity index (χ1v) is 7.93. The van der Waals surface area contributed by atoms with Gasteiger partial charge in [0.15, 0.2) is 11.6 Å². The molecular formula is C18H13ClF2N4O. The molecule has 0 fully saturated rings. The Bertz CT molecular complexity index is 981. The van der Waals surface area contributed by atoms with E-state index in [0.29, 0.717) is 10.7 Å². The predicted molar refractivity (Wildman–Crippen MR) is 95.8 cm³/mol. The highest BCUT2D eigenvalue weighted by molar-refractivity contribution is 6.31. The summed E-state index contributed by atoms with van der Waals surface area (Å²) in [4.78, 5) is 20.5. The topological polar surface area (TPSA) is 66.9 Å². The molecule has 0 aliphatic rings. The van der Waals surface area contributed by atoms with Crippen LogP contribution in [0.15, 0.2) is 48.7 Å². The highest BCUT2D eigenvalue weighted by Crippen LogP contribution is 2.23. The Labute approximate surface area is 153 Å². The second kappa shape index (κ2) is 7.45. The Morgan fingerprint density at radius 2 is 1.92 bits per heavy atom. The van der Waals surface area contributed by atoms with E-state index in [4.69, 9.17) is 11.6 Å². The fraction of sp³-hybridized carbons (Fsp3) is 0.0556. The summed E-state index contributed by atoms with van der Waals surface area (Å²) in [7, 11) is 0. The number of hydrogen-bond donors (Lipinski definition) is 2. The maximum absolute atomic E-state index is 13.3. The third-order valence-electron chi connectivity index (χ3n) is 3.58. The van der Waals surface area contributed by atoms with E-state index in [1.165, 1.54) is 18.3 Å². The lowest BCUT2D eigenvalue weighted by Gasteiger charge is -2.10. The van der Waals surface area contributed by atoms with Crippen molar-refractivity contribution >= 4 is 34.8 Å². The number of rotatable bonds is 4. The largest absolute Gasteiger partial charge is 0.324 e. The van der Waals surface area contributed by atoms with Gasteiger partial charge in [-0.15, -0.1) is 0 Å². The van der Waals surface area contributed by atoms with Crippen LogP contribution in [0.5, 0.6) is 0 Å². The van der Waals surface area contributed by atoms with Crippen LogP contribution in [0.25, 0.3) is 0 Å². The molecule has 8 heteroatoms. The van der Waals surface area contributed by atoms with Crippen molar-refractivity contribution in [1.82, 2.24) is 9.97 Å². The molecule has 26 heavy (non-hydrogen) atoms. The van der Waals surface area contributed by atoms with Crippen LogP contribution in [0.1, 0.15) is 16.1 Å². The van der Waals surface area contributed by atoms with Crippen LogP contribution in [-0.4, -0.2) is 15.9 Å².